The number of nitrogens with one attached hydrogen (secondary N) is 1. The fraction of sp³-hybridized carbons (Fsp3) is 0.550. The number of carbonyl (C=O) groups is 3. The number of urea groups is 1. The standard InChI is InChI=1S/C20H24N4O6/c1-10(2)23-18(26)20(17(25)21-19(23)27)8-13-7-14(24(28)29)5-6-15(13)22-9-11(3)30-12(4)16(20)22/h5-7,10-12,16H,8-9H2,1-4H3,(H,21,25,27). The SMILES string of the molecule is CC1CN2c3ccc([N+](=O)[O-])cc3CC3(C(=O)NC(=O)N(C(C)C)C3=O)C2C(C)O1. The number of rotatable bonds is 2. The minimum atomic E-state index is -1.63. The molecule has 4 rings (SSSR count). The molecule has 3 aliphatic rings. The van der Waals surface area contributed by atoms with Crippen molar-refractivity contribution in [3.05, 3.63) is 33.9 Å². The van der Waals surface area contributed by atoms with Gasteiger partial charge in [-0.2, -0.15) is 0 Å². The van der Waals surface area contributed by atoms with Crippen LogP contribution < -0.4 is 10.2 Å². The molecule has 1 spiro atoms. The van der Waals surface area contributed by atoms with Gasteiger partial charge >= 0.3 is 6.03 Å². The Balaban J connectivity index is 1.94. The average molecular weight is 416 g/mol. The van der Waals surface area contributed by atoms with Gasteiger partial charge < -0.3 is 9.64 Å². The monoisotopic (exact) mass is 416 g/mol. The highest BCUT2D eigenvalue weighted by Gasteiger charge is 2.64. The van der Waals surface area contributed by atoms with Crippen LogP contribution in [-0.2, 0) is 20.7 Å². The number of barbiturate groups is 1. The molecule has 0 saturated carbocycles. The Morgan fingerprint density at radius 1 is 1.27 bits per heavy atom. The maximum atomic E-state index is 13.7. The molecule has 4 unspecified atom stereocenters. The van der Waals surface area contributed by atoms with Gasteiger partial charge in [-0.15, -0.1) is 0 Å². The van der Waals surface area contributed by atoms with Crippen molar-refractivity contribution in [2.75, 3.05) is 11.4 Å². The molecule has 3 heterocycles. The first kappa shape index (κ1) is 20.3. The fourth-order valence-electron chi connectivity index (χ4n) is 5.11. The molecule has 0 bridgehead atoms. The highest BCUT2D eigenvalue weighted by Crippen LogP contribution is 2.48. The number of hydrogen-bond donors (Lipinski definition) is 1. The van der Waals surface area contributed by atoms with E-state index in [-0.39, 0.29) is 18.2 Å². The molecule has 4 atom stereocenters. The molecule has 3 aliphatic heterocycles. The van der Waals surface area contributed by atoms with Crippen LogP contribution in [0.3, 0.4) is 0 Å². The van der Waals surface area contributed by atoms with E-state index in [1.165, 1.54) is 12.1 Å². The van der Waals surface area contributed by atoms with Crippen molar-refractivity contribution in [2.45, 2.75) is 58.4 Å². The van der Waals surface area contributed by atoms with E-state index in [4.69, 9.17) is 4.74 Å². The number of nitrogens with zero attached hydrogens (tertiary/aromatic N) is 3. The zero-order chi connectivity index (χ0) is 22.0. The second-order valence-electron chi connectivity index (χ2n) is 8.50. The summed E-state index contributed by atoms with van der Waals surface area (Å²) in [5, 5.41) is 13.7. The highest BCUT2D eigenvalue weighted by atomic mass is 16.6. The van der Waals surface area contributed by atoms with Crippen molar-refractivity contribution >= 4 is 29.2 Å². The number of benzene rings is 1. The maximum Gasteiger partial charge on any atom is 0.331 e. The molecule has 2 fully saturated rings. The second kappa shape index (κ2) is 6.76. The predicted molar refractivity (Wildman–Crippen MR) is 106 cm³/mol. The van der Waals surface area contributed by atoms with Crippen molar-refractivity contribution in [2.24, 2.45) is 5.41 Å². The third-order valence-electron chi connectivity index (χ3n) is 6.20. The van der Waals surface area contributed by atoms with E-state index >= 15 is 0 Å². The van der Waals surface area contributed by atoms with Crippen LogP contribution in [0.5, 0.6) is 0 Å². The summed E-state index contributed by atoms with van der Waals surface area (Å²) in [4.78, 5) is 53.2. The lowest BCUT2D eigenvalue weighted by molar-refractivity contribution is -0.384. The number of morpholine rings is 1. The van der Waals surface area contributed by atoms with Crippen molar-refractivity contribution in [1.29, 1.82) is 0 Å². The smallest absolute Gasteiger partial charge is 0.331 e. The van der Waals surface area contributed by atoms with Crippen molar-refractivity contribution in [3.63, 3.8) is 0 Å². The van der Waals surface area contributed by atoms with E-state index in [0.29, 0.717) is 12.1 Å². The number of ether oxygens (including phenoxy) is 1. The van der Waals surface area contributed by atoms with Crippen molar-refractivity contribution in [1.82, 2.24) is 10.2 Å². The van der Waals surface area contributed by atoms with Crippen LogP contribution in [-0.4, -0.2) is 58.5 Å². The first-order valence-electron chi connectivity index (χ1n) is 9.96. The summed E-state index contributed by atoms with van der Waals surface area (Å²) >= 11 is 0. The molecule has 0 aromatic heterocycles. The number of nitro benzene ring substituents is 1. The van der Waals surface area contributed by atoms with Gasteiger partial charge in [0.2, 0.25) is 11.8 Å². The van der Waals surface area contributed by atoms with Crippen LogP contribution in [0.25, 0.3) is 0 Å². The lowest BCUT2D eigenvalue weighted by Gasteiger charge is -2.56. The molecule has 1 aromatic carbocycles. The fourth-order valence-corrected chi connectivity index (χ4v) is 5.11. The number of anilines is 1. The zero-order valence-electron chi connectivity index (χ0n) is 17.2. The zero-order valence-corrected chi connectivity index (χ0v) is 17.2. The van der Waals surface area contributed by atoms with E-state index < -0.39 is 46.4 Å². The number of nitro groups is 1. The molecule has 30 heavy (non-hydrogen) atoms. The van der Waals surface area contributed by atoms with Gasteiger partial charge in [0, 0.05) is 36.8 Å². The molecule has 4 amide bonds. The number of hydrogen-bond acceptors (Lipinski definition) is 7. The number of amides is 4. The number of carbonyl (C=O) groups excluding carboxylic acids is 3. The van der Waals surface area contributed by atoms with Crippen LogP contribution in [0.15, 0.2) is 18.2 Å². The summed E-state index contributed by atoms with van der Waals surface area (Å²) in [7, 11) is 0. The Bertz CT molecular complexity index is 963. The predicted octanol–water partition coefficient (Wildman–Crippen LogP) is 1.61. The van der Waals surface area contributed by atoms with E-state index in [1.807, 2.05) is 18.7 Å². The molecule has 1 N–H and O–H groups in total. The first-order valence-corrected chi connectivity index (χ1v) is 9.96. The lowest BCUT2D eigenvalue weighted by atomic mass is 9.66. The topological polar surface area (TPSA) is 122 Å². The van der Waals surface area contributed by atoms with Crippen LogP contribution in [0, 0.1) is 15.5 Å². The Hall–Kier alpha value is -3.01. The molecule has 0 radical (unpaired) electrons. The molecule has 10 heteroatoms. The van der Waals surface area contributed by atoms with E-state index in [0.717, 1.165) is 10.6 Å². The molecule has 1 aromatic rings. The van der Waals surface area contributed by atoms with Crippen LogP contribution in [0.1, 0.15) is 33.3 Å². The molecular formula is C20H24N4O6. The number of imide groups is 2. The van der Waals surface area contributed by atoms with E-state index in [1.54, 1.807) is 19.9 Å². The van der Waals surface area contributed by atoms with Gasteiger partial charge in [0.1, 0.15) is 0 Å². The molecule has 10 nitrogen and oxygen atoms in total. The summed E-state index contributed by atoms with van der Waals surface area (Å²) in [6.45, 7) is 7.51. The van der Waals surface area contributed by atoms with Gasteiger partial charge in [-0.05, 0) is 39.3 Å². The summed E-state index contributed by atoms with van der Waals surface area (Å²) in [5.41, 5.74) is -0.466. The quantitative estimate of drug-likeness (QED) is 0.441. The minimum absolute atomic E-state index is 0.0472. The van der Waals surface area contributed by atoms with Gasteiger partial charge in [0.25, 0.3) is 5.69 Å². The Kier molecular flexibility index (Phi) is 4.57. The number of fused-ring (bicyclic) bond motifs is 4. The molecule has 160 valence electrons. The Labute approximate surface area is 173 Å². The van der Waals surface area contributed by atoms with Crippen molar-refractivity contribution in [3.8, 4) is 0 Å². The third kappa shape index (κ3) is 2.70. The first-order chi connectivity index (χ1) is 14.1. The van der Waals surface area contributed by atoms with Crippen LogP contribution in [0.2, 0.25) is 0 Å². The maximum absolute atomic E-state index is 13.7. The molecule has 2 saturated heterocycles. The number of non-ortho nitro benzene ring substituents is 1. The van der Waals surface area contributed by atoms with Crippen LogP contribution >= 0.6 is 0 Å². The summed E-state index contributed by atoms with van der Waals surface area (Å²) < 4.78 is 5.99. The van der Waals surface area contributed by atoms with E-state index in [2.05, 4.69) is 5.32 Å². The Morgan fingerprint density at radius 2 is 1.97 bits per heavy atom. The Morgan fingerprint density at radius 3 is 2.60 bits per heavy atom. The third-order valence-corrected chi connectivity index (χ3v) is 6.20. The second-order valence-corrected chi connectivity index (χ2v) is 8.50. The summed E-state index contributed by atoms with van der Waals surface area (Å²) in [5.74, 6) is -1.28. The van der Waals surface area contributed by atoms with Gasteiger partial charge in [0.15, 0.2) is 5.41 Å². The van der Waals surface area contributed by atoms with E-state index in [9.17, 15) is 24.5 Å². The summed E-state index contributed by atoms with van der Waals surface area (Å²) in [6.07, 6.45) is -0.693. The van der Waals surface area contributed by atoms with Gasteiger partial charge in [-0.3, -0.25) is 29.9 Å². The highest BCUT2D eigenvalue weighted by molar-refractivity contribution is 6.20. The largest absolute Gasteiger partial charge is 0.372 e. The van der Waals surface area contributed by atoms with Gasteiger partial charge in [-0.1, -0.05) is 0 Å². The average Bonchev–Trinajstić information content (AvgIpc) is 2.64. The van der Waals surface area contributed by atoms with Crippen LogP contribution in [0.4, 0.5) is 16.2 Å². The van der Waals surface area contributed by atoms with Crippen molar-refractivity contribution < 1.29 is 24.0 Å². The van der Waals surface area contributed by atoms with Gasteiger partial charge in [-0.25, -0.2) is 4.79 Å². The normalized spacial score (nSPS) is 31.0. The minimum Gasteiger partial charge on any atom is -0.372 e. The van der Waals surface area contributed by atoms with Gasteiger partial charge in [0.05, 0.1) is 23.2 Å². The summed E-state index contributed by atoms with van der Waals surface area (Å²) in [6, 6.07) is 2.64. The lowest BCUT2D eigenvalue weighted by Crippen LogP contribution is -2.76. The molecule has 0 aliphatic carbocycles. The molecular weight excluding hydrogens is 392 g/mol.